The van der Waals surface area contributed by atoms with Gasteiger partial charge in [0.2, 0.25) is 0 Å². The van der Waals surface area contributed by atoms with Gasteiger partial charge in [0.1, 0.15) is 5.75 Å². The molecule has 2 N–H and O–H groups in total. The van der Waals surface area contributed by atoms with Gasteiger partial charge in [-0.1, -0.05) is 31.3 Å². The van der Waals surface area contributed by atoms with Crippen LogP contribution in [0.25, 0.3) is 0 Å². The lowest BCUT2D eigenvalue weighted by molar-refractivity contribution is 0.112. The van der Waals surface area contributed by atoms with Gasteiger partial charge in [-0.05, 0) is 24.1 Å². The summed E-state index contributed by atoms with van der Waals surface area (Å²) < 4.78 is 5.19. The van der Waals surface area contributed by atoms with Gasteiger partial charge in [0.05, 0.1) is 18.1 Å². The number of ether oxygens (including phenoxy) is 1. The van der Waals surface area contributed by atoms with E-state index in [1.807, 2.05) is 12.1 Å². The molecular formula is C16H25N3OS. The van der Waals surface area contributed by atoms with E-state index in [1.54, 1.807) is 7.11 Å². The van der Waals surface area contributed by atoms with Gasteiger partial charge in [-0.3, -0.25) is 9.80 Å². The van der Waals surface area contributed by atoms with Crippen LogP contribution >= 0.6 is 12.2 Å². The molecule has 1 heterocycles. The molecule has 1 saturated heterocycles. The van der Waals surface area contributed by atoms with Crippen LogP contribution in [0.2, 0.25) is 0 Å². The van der Waals surface area contributed by atoms with E-state index in [-0.39, 0.29) is 6.04 Å². The highest BCUT2D eigenvalue weighted by Crippen LogP contribution is 2.15. The Hall–Kier alpha value is -1.17. The number of nitrogens with two attached hydrogens (primary N) is 1. The zero-order chi connectivity index (χ0) is 15.2. The first-order valence-electron chi connectivity index (χ1n) is 7.52. The topological polar surface area (TPSA) is 41.7 Å². The van der Waals surface area contributed by atoms with Crippen molar-refractivity contribution in [2.24, 2.45) is 5.73 Å². The fraction of sp³-hybridized carbons (Fsp3) is 0.562. The van der Waals surface area contributed by atoms with Crippen molar-refractivity contribution >= 4 is 17.2 Å². The lowest BCUT2D eigenvalue weighted by Crippen LogP contribution is -2.53. The molecule has 0 amide bonds. The molecule has 0 aromatic heterocycles. The van der Waals surface area contributed by atoms with E-state index in [4.69, 9.17) is 22.7 Å². The van der Waals surface area contributed by atoms with Gasteiger partial charge < -0.3 is 10.5 Å². The van der Waals surface area contributed by atoms with E-state index in [2.05, 4.69) is 28.9 Å². The minimum atomic E-state index is 0.253. The van der Waals surface area contributed by atoms with Gasteiger partial charge in [0.25, 0.3) is 0 Å². The van der Waals surface area contributed by atoms with Crippen LogP contribution in [0.4, 0.5) is 0 Å². The Bertz CT molecular complexity index is 455. The zero-order valence-corrected chi connectivity index (χ0v) is 13.7. The number of piperazine rings is 1. The van der Waals surface area contributed by atoms with Gasteiger partial charge in [-0.2, -0.15) is 0 Å². The number of hydrogen-bond acceptors (Lipinski definition) is 4. The van der Waals surface area contributed by atoms with E-state index in [9.17, 15) is 0 Å². The first kappa shape index (κ1) is 16.2. The SMILES string of the molecule is CCC(C(N)=S)N1CCN(Cc2ccc(OC)cc2)CC1. The number of methoxy groups -OCH3 is 1. The summed E-state index contributed by atoms with van der Waals surface area (Å²) in [5.41, 5.74) is 7.15. The molecule has 2 rings (SSSR count). The number of nitrogens with zero attached hydrogens (tertiary/aromatic N) is 2. The summed E-state index contributed by atoms with van der Waals surface area (Å²) >= 11 is 5.17. The summed E-state index contributed by atoms with van der Waals surface area (Å²) in [5.74, 6) is 0.908. The Kier molecular flexibility index (Phi) is 5.96. The molecule has 0 saturated carbocycles. The molecule has 1 unspecified atom stereocenters. The molecule has 1 atom stereocenters. The van der Waals surface area contributed by atoms with Crippen molar-refractivity contribution in [3.63, 3.8) is 0 Å². The van der Waals surface area contributed by atoms with Crippen molar-refractivity contribution in [1.82, 2.24) is 9.80 Å². The molecule has 1 aliphatic rings. The zero-order valence-electron chi connectivity index (χ0n) is 12.9. The molecule has 0 spiro atoms. The van der Waals surface area contributed by atoms with Crippen LogP contribution in [-0.4, -0.2) is 54.1 Å². The van der Waals surface area contributed by atoms with Crippen molar-refractivity contribution in [1.29, 1.82) is 0 Å². The highest BCUT2D eigenvalue weighted by Gasteiger charge is 2.24. The Morgan fingerprint density at radius 3 is 2.33 bits per heavy atom. The van der Waals surface area contributed by atoms with Gasteiger partial charge in [-0.25, -0.2) is 0 Å². The Balaban J connectivity index is 1.84. The molecule has 0 aliphatic carbocycles. The Labute approximate surface area is 132 Å². The second-order valence-corrected chi connectivity index (χ2v) is 5.96. The second-order valence-electron chi connectivity index (χ2n) is 5.49. The largest absolute Gasteiger partial charge is 0.497 e. The van der Waals surface area contributed by atoms with Crippen LogP contribution in [0.3, 0.4) is 0 Å². The van der Waals surface area contributed by atoms with Crippen LogP contribution in [0.1, 0.15) is 18.9 Å². The maximum Gasteiger partial charge on any atom is 0.118 e. The summed E-state index contributed by atoms with van der Waals surface area (Å²) in [5, 5.41) is 0. The smallest absolute Gasteiger partial charge is 0.118 e. The first-order chi connectivity index (χ1) is 10.1. The molecule has 0 bridgehead atoms. The van der Waals surface area contributed by atoms with Gasteiger partial charge in [-0.15, -0.1) is 0 Å². The molecule has 1 aromatic carbocycles. The average Bonchev–Trinajstić information content (AvgIpc) is 2.50. The molecule has 1 aliphatic heterocycles. The Morgan fingerprint density at radius 2 is 1.86 bits per heavy atom. The summed E-state index contributed by atoms with van der Waals surface area (Å²) in [7, 11) is 1.69. The summed E-state index contributed by atoms with van der Waals surface area (Å²) in [6.07, 6.45) is 0.994. The predicted octanol–water partition coefficient (Wildman–Crippen LogP) is 1.88. The first-order valence-corrected chi connectivity index (χ1v) is 7.93. The molecule has 1 fully saturated rings. The van der Waals surface area contributed by atoms with Crippen molar-refractivity contribution in [3.05, 3.63) is 29.8 Å². The van der Waals surface area contributed by atoms with Crippen molar-refractivity contribution < 1.29 is 4.74 Å². The molecule has 21 heavy (non-hydrogen) atoms. The number of benzene rings is 1. The second kappa shape index (κ2) is 7.73. The standard InChI is InChI=1S/C16H25N3OS/c1-3-15(16(17)21)19-10-8-18(9-11-19)12-13-4-6-14(20-2)7-5-13/h4-7,15H,3,8-12H2,1-2H3,(H2,17,21). The van der Waals surface area contributed by atoms with Crippen LogP contribution < -0.4 is 10.5 Å². The van der Waals surface area contributed by atoms with E-state index >= 15 is 0 Å². The normalized spacial score (nSPS) is 18.4. The highest BCUT2D eigenvalue weighted by atomic mass is 32.1. The van der Waals surface area contributed by atoms with Crippen molar-refractivity contribution in [2.45, 2.75) is 25.9 Å². The minimum absolute atomic E-state index is 0.253. The van der Waals surface area contributed by atoms with E-state index in [1.165, 1.54) is 5.56 Å². The lowest BCUT2D eigenvalue weighted by Gasteiger charge is -2.38. The van der Waals surface area contributed by atoms with Gasteiger partial charge in [0.15, 0.2) is 0 Å². The number of hydrogen-bond donors (Lipinski definition) is 1. The minimum Gasteiger partial charge on any atom is -0.497 e. The molecule has 1 aromatic rings. The molecule has 4 nitrogen and oxygen atoms in total. The van der Waals surface area contributed by atoms with Crippen molar-refractivity contribution in [3.8, 4) is 5.75 Å². The van der Waals surface area contributed by atoms with Gasteiger partial charge >= 0.3 is 0 Å². The van der Waals surface area contributed by atoms with Crippen LogP contribution in [-0.2, 0) is 6.54 Å². The third-order valence-corrected chi connectivity index (χ3v) is 4.40. The van der Waals surface area contributed by atoms with Crippen molar-refractivity contribution in [2.75, 3.05) is 33.3 Å². The lowest BCUT2D eigenvalue weighted by atomic mass is 10.1. The molecule has 0 radical (unpaired) electrons. The van der Waals surface area contributed by atoms with E-state index < -0.39 is 0 Å². The number of rotatable bonds is 6. The van der Waals surface area contributed by atoms with E-state index in [0.717, 1.165) is 44.9 Å². The molecular weight excluding hydrogens is 282 g/mol. The highest BCUT2D eigenvalue weighted by molar-refractivity contribution is 7.80. The summed E-state index contributed by atoms with van der Waals surface area (Å²) in [6.45, 7) is 7.32. The monoisotopic (exact) mass is 307 g/mol. The van der Waals surface area contributed by atoms with E-state index in [0.29, 0.717) is 4.99 Å². The maximum atomic E-state index is 5.83. The van der Waals surface area contributed by atoms with Crippen LogP contribution in [0, 0.1) is 0 Å². The third kappa shape index (κ3) is 4.40. The fourth-order valence-electron chi connectivity index (χ4n) is 2.86. The number of thiocarbonyl (C=S) groups is 1. The summed E-state index contributed by atoms with van der Waals surface area (Å²) in [4.78, 5) is 5.51. The Morgan fingerprint density at radius 1 is 1.24 bits per heavy atom. The quantitative estimate of drug-likeness (QED) is 0.813. The maximum absolute atomic E-state index is 5.83. The molecule has 5 heteroatoms. The van der Waals surface area contributed by atoms with Crippen LogP contribution in [0.5, 0.6) is 5.75 Å². The summed E-state index contributed by atoms with van der Waals surface area (Å²) in [6, 6.07) is 8.56. The third-order valence-electron chi connectivity index (χ3n) is 4.13. The van der Waals surface area contributed by atoms with Crippen LogP contribution in [0.15, 0.2) is 24.3 Å². The average molecular weight is 307 g/mol. The predicted molar refractivity (Wildman–Crippen MR) is 90.7 cm³/mol. The fourth-order valence-corrected chi connectivity index (χ4v) is 3.18. The molecule has 116 valence electrons. The van der Waals surface area contributed by atoms with Gasteiger partial charge in [0, 0.05) is 32.7 Å².